The molecule has 0 aliphatic carbocycles. The molecular formula is C87H52F3N7. The smallest absolute Gasteiger partial charge is 0.309 e. The van der Waals surface area contributed by atoms with Crippen LogP contribution in [0, 0.1) is 18.3 Å². The van der Waals surface area contributed by atoms with Gasteiger partial charge >= 0.3 is 6.18 Å². The van der Waals surface area contributed by atoms with E-state index in [1.54, 1.807) is 6.92 Å². The standard InChI is InChI=1S/C87H52F3N7/c1-52-42-54(46-55(43-52)87(88,89)90)86-84(96-80-38-34-56(92-72-26-10-2-18-60(72)61-19-3-11-27-73(61)92)47-68(80)69-48-57(35-39-81(69)96)93-74-28-12-4-20-62(74)63-21-5-13-29-75(63)93)44-53(51-91)45-85(86)97-82-40-36-58(94-76-30-14-6-22-64(76)65-23-7-15-31-77(65)94)49-70(82)71-50-59(37-41-83(71)97)95-78-32-16-8-24-66(78)67-25-9-17-33-79(67)95/h2-50H,1H3. The maximum Gasteiger partial charge on any atom is 0.416 e. The zero-order valence-electron chi connectivity index (χ0n) is 52.1. The molecule has 0 saturated heterocycles. The number of fused-ring (bicyclic) bond motifs is 18. The van der Waals surface area contributed by atoms with Gasteiger partial charge in [0.2, 0.25) is 0 Å². The van der Waals surface area contributed by atoms with Crippen molar-refractivity contribution in [3.63, 3.8) is 0 Å². The van der Waals surface area contributed by atoms with Gasteiger partial charge in [-0.3, -0.25) is 0 Å². The molecule has 6 heterocycles. The van der Waals surface area contributed by atoms with E-state index < -0.39 is 11.7 Å². The van der Waals surface area contributed by atoms with Crippen molar-refractivity contribution in [2.24, 2.45) is 0 Å². The van der Waals surface area contributed by atoms with E-state index in [0.29, 0.717) is 33.6 Å². The Kier molecular flexibility index (Phi) is 11.5. The fraction of sp³-hybridized carbons (Fsp3) is 0.0230. The van der Waals surface area contributed by atoms with Crippen LogP contribution in [0.25, 0.3) is 176 Å². The van der Waals surface area contributed by atoms with Gasteiger partial charge in [-0.25, -0.2) is 0 Å². The number of aryl methyl sites for hydroxylation is 1. The number of aromatic nitrogens is 6. The summed E-state index contributed by atoms with van der Waals surface area (Å²) in [6.45, 7) is 1.72. The Bertz CT molecular complexity index is 5920. The summed E-state index contributed by atoms with van der Waals surface area (Å²) in [4.78, 5) is 0. The molecule has 20 aromatic rings. The SMILES string of the molecule is Cc1cc(-c2c(-n3c4ccc(-n5c6ccccc6c6ccccc65)cc4c4cc(-n5c6ccccc6c6ccccc65)ccc43)cc(C#N)cc2-n2c3ccc(-n4c5ccccc5c5ccccc54)cc3c3cc(-n4c5ccccc5c5ccccc54)ccc32)cc(C(F)(F)F)c1. The first-order valence-electron chi connectivity index (χ1n) is 32.5. The highest BCUT2D eigenvalue weighted by Crippen LogP contribution is 2.48. The van der Waals surface area contributed by atoms with E-state index >= 15 is 13.2 Å². The highest BCUT2D eigenvalue weighted by Gasteiger charge is 2.33. The Hall–Kier alpha value is -12.8. The average Bonchev–Trinajstić information content (AvgIpc) is 1.58. The van der Waals surface area contributed by atoms with Crippen molar-refractivity contribution in [1.82, 2.24) is 27.4 Å². The first-order chi connectivity index (χ1) is 47.6. The summed E-state index contributed by atoms with van der Waals surface area (Å²) in [5, 5.41) is 24.3. The number of halogens is 3. The molecule has 456 valence electrons. The lowest BCUT2D eigenvalue weighted by molar-refractivity contribution is -0.137. The third-order valence-electron chi connectivity index (χ3n) is 20.2. The molecule has 0 saturated carbocycles. The van der Waals surface area contributed by atoms with Gasteiger partial charge in [-0.05, 0) is 164 Å². The minimum absolute atomic E-state index is 0.329. The summed E-state index contributed by atoms with van der Waals surface area (Å²) >= 11 is 0. The molecule has 14 aromatic carbocycles. The number of alkyl halides is 3. The Morgan fingerprint density at radius 3 is 0.763 bits per heavy atom. The zero-order valence-corrected chi connectivity index (χ0v) is 52.1. The van der Waals surface area contributed by atoms with Crippen LogP contribution in [0.1, 0.15) is 16.7 Å². The summed E-state index contributed by atoms with van der Waals surface area (Å²) in [5.41, 5.74) is 17.4. The fourth-order valence-electron chi connectivity index (χ4n) is 16.3. The van der Waals surface area contributed by atoms with Gasteiger partial charge in [-0.1, -0.05) is 152 Å². The van der Waals surface area contributed by atoms with Crippen LogP contribution in [0.3, 0.4) is 0 Å². The Balaban J connectivity index is 0.918. The molecule has 0 fully saturated rings. The molecule has 0 aliphatic heterocycles. The summed E-state index contributed by atoms with van der Waals surface area (Å²) in [6.07, 6.45) is -4.69. The van der Waals surface area contributed by atoms with E-state index in [4.69, 9.17) is 0 Å². The Morgan fingerprint density at radius 1 is 0.268 bits per heavy atom. The topological polar surface area (TPSA) is 53.4 Å². The fourth-order valence-corrected chi connectivity index (χ4v) is 16.3. The minimum Gasteiger partial charge on any atom is -0.309 e. The summed E-state index contributed by atoms with van der Waals surface area (Å²) in [7, 11) is 0. The second kappa shape index (κ2) is 20.3. The Labute approximate surface area is 552 Å². The highest BCUT2D eigenvalue weighted by atomic mass is 19.4. The quantitative estimate of drug-likeness (QED) is 0.157. The van der Waals surface area contributed by atoms with E-state index in [1.807, 2.05) is 18.2 Å². The van der Waals surface area contributed by atoms with E-state index in [-0.39, 0.29) is 0 Å². The van der Waals surface area contributed by atoms with Crippen molar-refractivity contribution in [3.8, 4) is 51.3 Å². The average molecular weight is 1250 g/mol. The van der Waals surface area contributed by atoms with E-state index in [0.717, 1.165) is 154 Å². The number of hydrogen-bond acceptors (Lipinski definition) is 1. The molecule has 6 aromatic heterocycles. The largest absolute Gasteiger partial charge is 0.416 e. The number of nitrogens with zero attached hydrogens (tertiary/aromatic N) is 7. The van der Waals surface area contributed by atoms with Crippen molar-refractivity contribution in [2.75, 3.05) is 0 Å². The van der Waals surface area contributed by atoms with Crippen LogP contribution in [0.2, 0.25) is 0 Å². The second-order valence-corrected chi connectivity index (χ2v) is 25.5. The van der Waals surface area contributed by atoms with E-state index in [1.165, 1.54) is 12.1 Å². The molecule has 0 bridgehead atoms. The molecule has 0 aliphatic rings. The van der Waals surface area contributed by atoms with Crippen LogP contribution in [0.15, 0.2) is 297 Å². The van der Waals surface area contributed by atoms with Gasteiger partial charge in [0.05, 0.1) is 94.8 Å². The molecule has 97 heavy (non-hydrogen) atoms. The molecule has 0 atom stereocenters. The van der Waals surface area contributed by atoms with Crippen LogP contribution in [0.4, 0.5) is 13.2 Å². The van der Waals surface area contributed by atoms with Gasteiger partial charge < -0.3 is 27.4 Å². The number of rotatable bonds is 7. The molecule has 0 radical (unpaired) electrons. The molecule has 0 unspecified atom stereocenters. The molecule has 10 heteroatoms. The minimum atomic E-state index is -4.69. The highest BCUT2D eigenvalue weighted by molar-refractivity contribution is 6.17. The predicted molar refractivity (Wildman–Crippen MR) is 392 cm³/mol. The van der Waals surface area contributed by atoms with Crippen molar-refractivity contribution in [2.45, 2.75) is 13.1 Å². The maximum absolute atomic E-state index is 15.7. The molecule has 0 N–H and O–H groups in total. The predicted octanol–water partition coefficient (Wildman–Crippen LogP) is 23.1. The van der Waals surface area contributed by atoms with E-state index in [9.17, 15) is 5.26 Å². The number of benzene rings is 14. The lowest BCUT2D eigenvalue weighted by Crippen LogP contribution is -2.08. The number of hydrogen-bond donors (Lipinski definition) is 0. The van der Waals surface area contributed by atoms with Crippen molar-refractivity contribution >= 4 is 131 Å². The van der Waals surface area contributed by atoms with Gasteiger partial charge in [0.1, 0.15) is 0 Å². The number of nitriles is 1. The van der Waals surface area contributed by atoms with Crippen molar-refractivity contribution in [3.05, 3.63) is 314 Å². The van der Waals surface area contributed by atoms with Crippen LogP contribution in [0.5, 0.6) is 0 Å². The maximum atomic E-state index is 15.7. The molecule has 7 nitrogen and oxygen atoms in total. The number of para-hydroxylation sites is 8. The van der Waals surface area contributed by atoms with Crippen molar-refractivity contribution in [1.29, 1.82) is 5.26 Å². The first-order valence-corrected chi connectivity index (χ1v) is 32.5. The monoisotopic (exact) mass is 1250 g/mol. The lowest BCUT2D eigenvalue weighted by atomic mass is 9.95. The molecule has 20 rings (SSSR count). The third-order valence-corrected chi connectivity index (χ3v) is 20.2. The normalized spacial score (nSPS) is 12.3. The van der Waals surface area contributed by atoms with Crippen LogP contribution in [-0.4, -0.2) is 27.4 Å². The van der Waals surface area contributed by atoms with Crippen LogP contribution in [-0.2, 0) is 6.18 Å². The lowest BCUT2D eigenvalue weighted by Gasteiger charge is -2.22. The van der Waals surface area contributed by atoms with Crippen LogP contribution < -0.4 is 0 Å². The molecule has 0 spiro atoms. The first kappa shape index (κ1) is 54.7. The van der Waals surface area contributed by atoms with Gasteiger partial charge in [-0.15, -0.1) is 0 Å². The van der Waals surface area contributed by atoms with Gasteiger partial charge in [0.15, 0.2) is 0 Å². The summed E-state index contributed by atoms with van der Waals surface area (Å²) in [5.74, 6) is 0. The molecular weight excluding hydrogens is 1200 g/mol. The third kappa shape index (κ3) is 7.91. The zero-order chi connectivity index (χ0) is 64.5. The second-order valence-electron chi connectivity index (χ2n) is 25.5. The summed E-state index contributed by atoms with van der Waals surface area (Å²) < 4.78 is 60.7. The van der Waals surface area contributed by atoms with Gasteiger partial charge in [0, 0.05) is 92.9 Å². The van der Waals surface area contributed by atoms with E-state index in [2.05, 4.69) is 300 Å². The molecule has 0 amide bonds. The van der Waals surface area contributed by atoms with Gasteiger partial charge in [0.25, 0.3) is 0 Å². The van der Waals surface area contributed by atoms with Gasteiger partial charge in [-0.2, -0.15) is 18.4 Å². The summed E-state index contributed by atoms with van der Waals surface area (Å²) in [6, 6.07) is 105. The Morgan fingerprint density at radius 2 is 0.515 bits per heavy atom. The van der Waals surface area contributed by atoms with Crippen molar-refractivity contribution < 1.29 is 13.2 Å². The van der Waals surface area contributed by atoms with Crippen LogP contribution >= 0.6 is 0 Å².